The van der Waals surface area contributed by atoms with E-state index in [-0.39, 0.29) is 17.1 Å². The Morgan fingerprint density at radius 3 is 2.62 bits per heavy atom. The number of ether oxygens (including phenoxy) is 1. The second kappa shape index (κ2) is 5.09. The van der Waals surface area contributed by atoms with E-state index in [1.807, 2.05) is 0 Å². The van der Waals surface area contributed by atoms with E-state index in [0.717, 1.165) is 0 Å². The minimum absolute atomic E-state index is 0.195. The van der Waals surface area contributed by atoms with Gasteiger partial charge in [0.15, 0.2) is 0 Å². The third-order valence-corrected chi connectivity index (χ3v) is 2.81. The van der Waals surface area contributed by atoms with E-state index >= 15 is 0 Å². The van der Waals surface area contributed by atoms with E-state index in [1.165, 1.54) is 31.5 Å². The highest BCUT2D eigenvalue weighted by atomic mass is 32.2. The van der Waals surface area contributed by atoms with Crippen LogP contribution in [0.3, 0.4) is 0 Å². The molecule has 16 heavy (non-hydrogen) atoms. The molecular formula is C10H11O5S. The molecule has 5 nitrogen and oxygen atoms in total. The van der Waals surface area contributed by atoms with Crippen LogP contribution in [-0.2, 0) is 26.3 Å². The van der Waals surface area contributed by atoms with Crippen molar-refractivity contribution in [2.24, 2.45) is 0 Å². The van der Waals surface area contributed by atoms with E-state index in [9.17, 15) is 13.2 Å². The Morgan fingerprint density at radius 1 is 1.44 bits per heavy atom. The molecule has 0 saturated carbocycles. The fraction of sp³-hybridized carbons (Fsp3) is 0.200. The smallest absolute Gasteiger partial charge is 0.309 e. The van der Waals surface area contributed by atoms with E-state index < -0.39 is 16.1 Å². The van der Waals surface area contributed by atoms with Crippen LogP contribution in [-0.4, -0.2) is 18.9 Å². The van der Waals surface area contributed by atoms with E-state index in [0.29, 0.717) is 0 Å². The fourth-order valence-corrected chi connectivity index (χ4v) is 1.82. The van der Waals surface area contributed by atoms with Crippen molar-refractivity contribution in [2.75, 3.05) is 0 Å². The van der Waals surface area contributed by atoms with Crippen molar-refractivity contribution in [3.8, 4) is 0 Å². The molecule has 0 unspecified atom stereocenters. The molecule has 0 aliphatic rings. The number of benzene rings is 1. The predicted molar refractivity (Wildman–Crippen MR) is 56.0 cm³/mol. The average Bonchev–Trinajstić information content (AvgIpc) is 2.25. The summed E-state index contributed by atoms with van der Waals surface area (Å²) in [5.41, 5.74) is 0.236. The summed E-state index contributed by atoms with van der Waals surface area (Å²) in [6, 6.07) is 5.77. The first-order valence-corrected chi connectivity index (χ1v) is 5.90. The van der Waals surface area contributed by atoms with E-state index in [1.54, 1.807) is 6.07 Å². The summed E-state index contributed by atoms with van der Waals surface area (Å²) < 4.78 is 35.6. The maximum atomic E-state index is 11.0. The van der Waals surface area contributed by atoms with Gasteiger partial charge in [0.2, 0.25) is 0 Å². The molecule has 0 aliphatic heterocycles. The molecule has 1 radical (unpaired) electrons. The molecule has 0 aliphatic carbocycles. The summed E-state index contributed by atoms with van der Waals surface area (Å²) in [6.07, 6.45) is 1.22. The van der Waals surface area contributed by atoms with Crippen LogP contribution in [0.2, 0.25) is 0 Å². The lowest BCUT2D eigenvalue weighted by atomic mass is 10.2. The molecule has 1 rings (SSSR count). The van der Waals surface area contributed by atoms with Gasteiger partial charge in [-0.05, 0) is 6.07 Å². The van der Waals surface area contributed by atoms with Gasteiger partial charge in [-0.15, -0.1) is 0 Å². The largest absolute Gasteiger partial charge is 0.461 e. The number of hydrogen-bond donors (Lipinski definition) is 1. The summed E-state index contributed by atoms with van der Waals surface area (Å²) in [4.78, 5) is 10.6. The molecule has 1 aromatic carbocycles. The normalized spacial score (nSPS) is 11.1. The summed E-state index contributed by atoms with van der Waals surface area (Å²) in [6.45, 7) is 1.32. The van der Waals surface area contributed by atoms with Gasteiger partial charge in [0.05, 0.1) is 6.42 Å². The van der Waals surface area contributed by atoms with Crippen LogP contribution in [0.5, 0.6) is 0 Å². The monoisotopic (exact) mass is 243 g/mol. The third kappa shape index (κ3) is 3.32. The maximum Gasteiger partial charge on any atom is 0.309 e. The van der Waals surface area contributed by atoms with Crippen LogP contribution >= 0.6 is 0 Å². The van der Waals surface area contributed by atoms with Gasteiger partial charge in [-0.1, -0.05) is 25.1 Å². The second-order valence-corrected chi connectivity index (χ2v) is 4.37. The zero-order valence-corrected chi connectivity index (χ0v) is 9.40. The van der Waals surface area contributed by atoms with Gasteiger partial charge >= 0.3 is 5.97 Å². The van der Waals surface area contributed by atoms with Crippen LogP contribution in [0, 0.1) is 6.42 Å². The van der Waals surface area contributed by atoms with Gasteiger partial charge in [-0.2, -0.15) is 8.42 Å². The molecule has 87 valence electrons. The number of rotatable bonds is 4. The van der Waals surface area contributed by atoms with Crippen molar-refractivity contribution >= 4 is 16.1 Å². The minimum Gasteiger partial charge on any atom is -0.461 e. The first kappa shape index (κ1) is 12.7. The Labute approximate surface area is 93.8 Å². The van der Waals surface area contributed by atoms with Crippen molar-refractivity contribution < 1.29 is 22.5 Å². The van der Waals surface area contributed by atoms with Crippen molar-refractivity contribution in [1.29, 1.82) is 0 Å². The lowest BCUT2D eigenvalue weighted by Crippen LogP contribution is -2.07. The molecule has 0 bridgehead atoms. The SMILES string of the molecule is C[CH]C(=O)OCc1ccccc1S(=O)(=O)O. The van der Waals surface area contributed by atoms with Gasteiger partial charge in [0.1, 0.15) is 11.5 Å². The Hall–Kier alpha value is -1.40. The summed E-state index contributed by atoms with van der Waals surface area (Å²) in [5.74, 6) is -0.551. The molecule has 0 saturated heterocycles. The molecule has 0 fully saturated rings. The van der Waals surface area contributed by atoms with Crippen LogP contribution in [0.4, 0.5) is 0 Å². The van der Waals surface area contributed by atoms with Crippen molar-refractivity contribution in [3.05, 3.63) is 36.2 Å². The quantitative estimate of drug-likeness (QED) is 0.634. The predicted octanol–water partition coefficient (Wildman–Crippen LogP) is 1.20. The molecule has 0 atom stereocenters. The van der Waals surface area contributed by atoms with Crippen molar-refractivity contribution in [3.63, 3.8) is 0 Å². The molecule has 6 heteroatoms. The van der Waals surface area contributed by atoms with Gasteiger partial charge in [-0.25, -0.2) is 0 Å². The zero-order chi connectivity index (χ0) is 12.2. The average molecular weight is 243 g/mol. The number of hydrogen-bond acceptors (Lipinski definition) is 4. The number of esters is 1. The molecule has 0 spiro atoms. The first-order chi connectivity index (χ1) is 7.45. The highest BCUT2D eigenvalue weighted by molar-refractivity contribution is 7.85. The molecule has 1 aromatic rings. The van der Waals surface area contributed by atoms with Crippen LogP contribution in [0.25, 0.3) is 0 Å². The summed E-state index contributed by atoms with van der Waals surface area (Å²) in [7, 11) is -4.29. The number of carbonyl (C=O) groups excluding carboxylic acids is 1. The van der Waals surface area contributed by atoms with Crippen molar-refractivity contribution in [2.45, 2.75) is 18.4 Å². The van der Waals surface area contributed by atoms with E-state index in [4.69, 9.17) is 9.29 Å². The zero-order valence-electron chi connectivity index (χ0n) is 8.58. The first-order valence-electron chi connectivity index (χ1n) is 4.46. The Balaban J connectivity index is 2.93. The highest BCUT2D eigenvalue weighted by Gasteiger charge is 2.15. The highest BCUT2D eigenvalue weighted by Crippen LogP contribution is 2.15. The van der Waals surface area contributed by atoms with Crippen LogP contribution < -0.4 is 0 Å². The molecule has 1 N–H and O–H groups in total. The molecule has 0 amide bonds. The van der Waals surface area contributed by atoms with Gasteiger partial charge in [-0.3, -0.25) is 9.35 Å². The van der Waals surface area contributed by atoms with Crippen LogP contribution in [0.1, 0.15) is 12.5 Å². The van der Waals surface area contributed by atoms with Crippen molar-refractivity contribution in [1.82, 2.24) is 0 Å². The lowest BCUT2D eigenvalue weighted by Gasteiger charge is -2.07. The molecule has 0 heterocycles. The second-order valence-electron chi connectivity index (χ2n) is 2.98. The van der Waals surface area contributed by atoms with Gasteiger partial charge in [0.25, 0.3) is 10.1 Å². The Kier molecular flexibility index (Phi) is 4.03. The fourth-order valence-electron chi connectivity index (χ4n) is 1.11. The minimum atomic E-state index is -4.29. The standard InChI is InChI=1S/C10H11O5S/c1-2-10(11)15-7-8-5-3-4-6-9(8)16(12,13)14/h2-6H,7H2,1H3,(H,12,13,14). The summed E-state index contributed by atoms with van der Waals surface area (Å²) in [5, 5.41) is 0. The van der Waals surface area contributed by atoms with Gasteiger partial charge < -0.3 is 4.74 Å². The van der Waals surface area contributed by atoms with Gasteiger partial charge in [0, 0.05) is 5.56 Å². The lowest BCUT2D eigenvalue weighted by molar-refractivity contribution is -0.140. The Morgan fingerprint density at radius 2 is 2.06 bits per heavy atom. The Bertz CT molecular complexity index is 478. The van der Waals surface area contributed by atoms with Crippen LogP contribution in [0.15, 0.2) is 29.2 Å². The van der Waals surface area contributed by atoms with E-state index in [2.05, 4.69) is 0 Å². The third-order valence-electron chi connectivity index (χ3n) is 1.86. The maximum absolute atomic E-state index is 11.0. The summed E-state index contributed by atoms with van der Waals surface area (Å²) >= 11 is 0. The molecule has 0 aromatic heterocycles. The topological polar surface area (TPSA) is 80.7 Å². The number of carbonyl (C=O) groups is 1. The molecular weight excluding hydrogens is 232 g/mol.